The summed E-state index contributed by atoms with van der Waals surface area (Å²) >= 11 is 0. The van der Waals surface area contributed by atoms with E-state index in [1.54, 1.807) is 0 Å². The largest absolute Gasteiger partial charge is 0.494 e. The minimum atomic E-state index is 0.782. The predicted molar refractivity (Wildman–Crippen MR) is 77.2 cm³/mol. The molecule has 0 radical (unpaired) electrons. The Kier molecular flexibility index (Phi) is 4.98. The Hall–Kier alpha value is -1.81. The number of nitrogens with one attached hydrogen (secondary N) is 2. The SMILES string of the molecule is CCCCOc1ccc(-c2cc(CNC)[nH]n2)cc1. The molecule has 0 spiro atoms. The van der Waals surface area contributed by atoms with Gasteiger partial charge in [-0.3, -0.25) is 5.10 Å². The normalized spacial score (nSPS) is 10.6. The van der Waals surface area contributed by atoms with Crippen molar-refractivity contribution >= 4 is 0 Å². The van der Waals surface area contributed by atoms with Crippen LogP contribution in [0.5, 0.6) is 5.75 Å². The second-order valence-corrected chi connectivity index (χ2v) is 4.54. The highest BCUT2D eigenvalue weighted by Crippen LogP contribution is 2.21. The minimum absolute atomic E-state index is 0.782. The van der Waals surface area contributed by atoms with Gasteiger partial charge in [-0.2, -0.15) is 5.10 Å². The second kappa shape index (κ2) is 6.95. The Morgan fingerprint density at radius 2 is 2.05 bits per heavy atom. The van der Waals surface area contributed by atoms with Crippen LogP contribution in [0, 0.1) is 0 Å². The Morgan fingerprint density at radius 3 is 2.74 bits per heavy atom. The average molecular weight is 259 g/mol. The van der Waals surface area contributed by atoms with Crippen molar-refractivity contribution in [3.63, 3.8) is 0 Å². The van der Waals surface area contributed by atoms with Gasteiger partial charge < -0.3 is 10.1 Å². The molecule has 1 aromatic heterocycles. The van der Waals surface area contributed by atoms with Crippen molar-refractivity contribution < 1.29 is 4.74 Å². The first-order valence-electron chi connectivity index (χ1n) is 6.75. The van der Waals surface area contributed by atoms with Gasteiger partial charge in [0.25, 0.3) is 0 Å². The van der Waals surface area contributed by atoms with Gasteiger partial charge in [0.15, 0.2) is 0 Å². The molecule has 0 saturated heterocycles. The fourth-order valence-electron chi connectivity index (χ4n) is 1.85. The molecule has 0 unspecified atom stereocenters. The summed E-state index contributed by atoms with van der Waals surface area (Å²) in [7, 11) is 1.92. The number of aromatic amines is 1. The lowest BCUT2D eigenvalue weighted by atomic mass is 10.1. The average Bonchev–Trinajstić information content (AvgIpc) is 2.89. The third-order valence-electron chi connectivity index (χ3n) is 2.91. The van der Waals surface area contributed by atoms with Crippen molar-refractivity contribution in [3.05, 3.63) is 36.0 Å². The summed E-state index contributed by atoms with van der Waals surface area (Å²) < 4.78 is 5.64. The van der Waals surface area contributed by atoms with E-state index in [-0.39, 0.29) is 0 Å². The number of unbranched alkanes of at least 4 members (excludes halogenated alkanes) is 1. The van der Waals surface area contributed by atoms with Crippen LogP contribution < -0.4 is 10.1 Å². The summed E-state index contributed by atoms with van der Waals surface area (Å²) in [5.74, 6) is 0.920. The van der Waals surface area contributed by atoms with Crippen LogP contribution in [0.3, 0.4) is 0 Å². The molecule has 0 atom stereocenters. The van der Waals surface area contributed by atoms with Crippen molar-refractivity contribution in [3.8, 4) is 17.0 Å². The van der Waals surface area contributed by atoms with Gasteiger partial charge in [-0.05, 0) is 43.8 Å². The maximum Gasteiger partial charge on any atom is 0.119 e. The topological polar surface area (TPSA) is 49.9 Å². The van der Waals surface area contributed by atoms with Gasteiger partial charge in [-0.1, -0.05) is 13.3 Å². The van der Waals surface area contributed by atoms with Gasteiger partial charge in [0, 0.05) is 17.8 Å². The van der Waals surface area contributed by atoms with E-state index < -0.39 is 0 Å². The van der Waals surface area contributed by atoms with Crippen LogP contribution in [0.2, 0.25) is 0 Å². The Balaban J connectivity index is 2.00. The first-order valence-corrected chi connectivity index (χ1v) is 6.75. The highest BCUT2D eigenvalue weighted by atomic mass is 16.5. The molecule has 4 nitrogen and oxygen atoms in total. The molecule has 2 N–H and O–H groups in total. The number of H-pyrrole nitrogens is 1. The Bertz CT molecular complexity index is 490. The first kappa shape index (κ1) is 13.6. The molecule has 1 aromatic carbocycles. The zero-order valence-electron chi connectivity index (χ0n) is 11.6. The monoisotopic (exact) mass is 259 g/mol. The second-order valence-electron chi connectivity index (χ2n) is 4.54. The molecule has 2 aromatic rings. The maximum absolute atomic E-state index is 5.64. The van der Waals surface area contributed by atoms with Crippen LogP contribution in [-0.4, -0.2) is 23.9 Å². The molecule has 0 fully saturated rings. The number of hydrogen-bond donors (Lipinski definition) is 2. The summed E-state index contributed by atoms with van der Waals surface area (Å²) in [5, 5.41) is 10.4. The van der Waals surface area contributed by atoms with Gasteiger partial charge in [0.1, 0.15) is 5.75 Å². The molecule has 0 aliphatic heterocycles. The summed E-state index contributed by atoms with van der Waals surface area (Å²) in [4.78, 5) is 0. The molecule has 19 heavy (non-hydrogen) atoms. The zero-order valence-corrected chi connectivity index (χ0v) is 11.6. The molecule has 0 saturated carbocycles. The molecule has 4 heteroatoms. The molecule has 0 bridgehead atoms. The number of rotatable bonds is 7. The molecule has 0 aliphatic carbocycles. The lowest BCUT2D eigenvalue weighted by Gasteiger charge is -2.05. The number of hydrogen-bond acceptors (Lipinski definition) is 3. The maximum atomic E-state index is 5.64. The smallest absolute Gasteiger partial charge is 0.119 e. The van der Waals surface area contributed by atoms with Crippen LogP contribution >= 0.6 is 0 Å². The van der Waals surface area contributed by atoms with Crippen LogP contribution in [0.25, 0.3) is 11.3 Å². The van der Waals surface area contributed by atoms with Crippen molar-refractivity contribution in [2.24, 2.45) is 0 Å². The highest BCUT2D eigenvalue weighted by Gasteiger charge is 2.03. The van der Waals surface area contributed by atoms with E-state index in [2.05, 4.69) is 28.5 Å². The Morgan fingerprint density at radius 1 is 1.26 bits per heavy atom. The molecule has 1 heterocycles. The zero-order chi connectivity index (χ0) is 13.5. The highest BCUT2D eigenvalue weighted by molar-refractivity contribution is 5.60. The molecule has 2 rings (SSSR count). The van der Waals surface area contributed by atoms with Crippen LogP contribution in [-0.2, 0) is 6.54 Å². The van der Waals surface area contributed by atoms with Gasteiger partial charge in [-0.25, -0.2) is 0 Å². The molecule has 0 amide bonds. The fraction of sp³-hybridized carbons (Fsp3) is 0.400. The first-order chi connectivity index (χ1) is 9.33. The van der Waals surface area contributed by atoms with Gasteiger partial charge >= 0.3 is 0 Å². The summed E-state index contributed by atoms with van der Waals surface area (Å²) in [5.41, 5.74) is 3.15. The third-order valence-corrected chi connectivity index (χ3v) is 2.91. The van der Waals surface area contributed by atoms with Crippen molar-refractivity contribution in [1.29, 1.82) is 0 Å². The van der Waals surface area contributed by atoms with E-state index in [9.17, 15) is 0 Å². The minimum Gasteiger partial charge on any atom is -0.494 e. The van der Waals surface area contributed by atoms with Crippen LogP contribution in [0.4, 0.5) is 0 Å². The summed E-state index contributed by atoms with van der Waals surface area (Å²) in [6, 6.07) is 10.1. The van der Waals surface area contributed by atoms with Crippen molar-refractivity contribution in [2.75, 3.05) is 13.7 Å². The quantitative estimate of drug-likeness (QED) is 0.752. The number of nitrogens with zero attached hydrogens (tertiary/aromatic N) is 1. The lowest BCUT2D eigenvalue weighted by molar-refractivity contribution is 0.309. The molecule has 0 aliphatic rings. The Labute approximate surface area is 114 Å². The fourth-order valence-corrected chi connectivity index (χ4v) is 1.85. The van der Waals surface area contributed by atoms with E-state index in [0.29, 0.717) is 0 Å². The predicted octanol–water partition coefficient (Wildman–Crippen LogP) is 2.98. The van der Waals surface area contributed by atoms with E-state index in [1.165, 1.54) is 0 Å². The van der Waals surface area contributed by atoms with E-state index >= 15 is 0 Å². The number of benzene rings is 1. The van der Waals surface area contributed by atoms with Crippen LogP contribution in [0.15, 0.2) is 30.3 Å². The lowest BCUT2D eigenvalue weighted by Crippen LogP contribution is -2.04. The number of ether oxygens (including phenoxy) is 1. The standard InChI is InChI=1S/C15H21N3O/c1-3-4-9-19-14-7-5-12(6-8-14)15-10-13(11-16-2)17-18-15/h5-8,10,16H,3-4,9,11H2,1-2H3,(H,17,18). The molecular weight excluding hydrogens is 238 g/mol. The van der Waals surface area contributed by atoms with Crippen molar-refractivity contribution in [1.82, 2.24) is 15.5 Å². The molecule has 102 valence electrons. The molecular formula is C15H21N3O. The van der Waals surface area contributed by atoms with Gasteiger partial charge in [0.05, 0.1) is 12.3 Å². The van der Waals surface area contributed by atoms with Crippen LogP contribution in [0.1, 0.15) is 25.5 Å². The van der Waals surface area contributed by atoms with E-state index in [1.807, 2.05) is 31.3 Å². The van der Waals surface area contributed by atoms with Crippen molar-refractivity contribution in [2.45, 2.75) is 26.3 Å². The third kappa shape index (κ3) is 3.83. The van der Waals surface area contributed by atoms with E-state index in [0.717, 1.165) is 48.7 Å². The summed E-state index contributed by atoms with van der Waals surface area (Å²) in [6.45, 7) is 3.74. The van der Waals surface area contributed by atoms with Gasteiger partial charge in [0.2, 0.25) is 0 Å². The summed E-state index contributed by atoms with van der Waals surface area (Å²) in [6.07, 6.45) is 2.24. The van der Waals surface area contributed by atoms with Gasteiger partial charge in [-0.15, -0.1) is 0 Å². The van der Waals surface area contributed by atoms with E-state index in [4.69, 9.17) is 4.74 Å². The number of aromatic nitrogens is 2.